The molecule has 0 aromatic heterocycles. The maximum atomic E-state index is 13.1. The Bertz CT molecular complexity index is 1030. The van der Waals surface area contributed by atoms with Gasteiger partial charge in [0.1, 0.15) is 5.82 Å². The number of imide groups is 1. The van der Waals surface area contributed by atoms with E-state index in [1.54, 1.807) is 0 Å². The fourth-order valence-electron chi connectivity index (χ4n) is 3.02. The number of esters is 1. The molecule has 8 heteroatoms. The highest BCUT2D eigenvalue weighted by Gasteiger charge is 2.37. The van der Waals surface area contributed by atoms with Crippen LogP contribution in [0.5, 0.6) is 0 Å². The van der Waals surface area contributed by atoms with E-state index < -0.39 is 29.7 Å². The summed E-state index contributed by atoms with van der Waals surface area (Å²) >= 11 is 0. The Morgan fingerprint density at radius 2 is 1.72 bits per heavy atom. The van der Waals surface area contributed by atoms with Gasteiger partial charge in [-0.25, -0.2) is 14.1 Å². The Morgan fingerprint density at radius 1 is 1.07 bits per heavy atom. The van der Waals surface area contributed by atoms with Crippen LogP contribution >= 0.6 is 0 Å². The zero-order chi connectivity index (χ0) is 20.7. The van der Waals surface area contributed by atoms with Crippen LogP contribution in [-0.2, 0) is 9.53 Å². The number of hydrogen-bond donors (Lipinski definition) is 1. The fraction of sp³-hybridized carbons (Fsp3) is 0.238. The summed E-state index contributed by atoms with van der Waals surface area (Å²) in [6.45, 7) is 1.47. The lowest BCUT2D eigenvalue weighted by Gasteiger charge is -2.13. The predicted molar refractivity (Wildman–Crippen MR) is 100 cm³/mol. The molecule has 1 aliphatic heterocycles. The van der Waals surface area contributed by atoms with Gasteiger partial charge in [0.05, 0.1) is 22.4 Å². The second kappa shape index (κ2) is 7.12. The smallest absolute Gasteiger partial charge is 0.338 e. The van der Waals surface area contributed by atoms with Crippen molar-refractivity contribution in [2.24, 2.45) is 0 Å². The van der Waals surface area contributed by atoms with Gasteiger partial charge in [0, 0.05) is 6.04 Å². The van der Waals surface area contributed by atoms with Gasteiger partial charge < -0.3 is 10.1 Å². The van der Waals surface area contributed by atoms with E-state index >= 15 is 0 Å². The summed E-state index contributed by atoms with van der Waals surface area (Å²) in [6.07, 6.45) is 0.847. The molecule has 2 aromatic rings. The number of fused-ring (bicyclic) bond motifs is 1. The minimum Gasteiger partial charge on any atom is -0.449 e. The molecule has 29 heavy (non-hydrogen) atoms. The first kappa shape index (κ1) is 18.8. The zero-order valence-electron chi connectivity index (χ0n) is 15.5. The highest BCUT2D eigenvalue weighted by Crippen LogP contribution is 2.29. The van der Waals surface area contributed by atoms with E-state index in [1.807, 2.05) is 0 Å². The van der Waals surface area contributed by atoms with Crippen molar-refractivity contribution < 1.29 is 28.3 Å². The highest BCUT2D eigenvalue weighted by atomic mass is 19.1. The van der Waals surface area contributed by atoms with Crippen molar-refractivity contribution in [1.82, 2.24) is 5.32 Å². The van der Waals surface area contributed by atoms with Crippen molar-refractivity contribution in [3.05, 3.63) is 65.0 Å². The molecule has 0 saturated heterocycles. The number of anilines is 1. The highest BCUT2D eigenvalue weighted by molar-refractivity contribution is 6.34. The van der Waals surface area contributed by atoms with E-state index in [4.69, 9.17) is 4.74 Å². The SMILES string of the molecule is C[C@H](OC(=O)c1ccc2c(c1)C(=O)N(c1ccc(F)cc1)C2=O)C(=O)NC1CC1. The van der Waals surface area contributed by atoms with Crippen LogP contribution in [0.15, 0.2) is 42.5 Å². The van der Waals surface area contributed by atoms with Crippen LogP contribution in [0.2, 0.25) is 0 Å². The van der Waals surface area contributed by atoms with Crippen molar-refractivity contribution in [1.29, 1.82) is 0 Å². The number of nitrogens with one attached hydrogen (secondary N) is 1. The second-order valence-corrected chi connectivity index (χ2v) is 7.01. The number of hydrogen-bond acceptors (Lipinski definition) is 5. The molecule has 7 nitrogen and oxygen atoms in total. The first-order chi connectivity index (χ1) is 13.8. The standard InChI is InChI=1S/C21H17FN2O5/c1-11(18(25)23-14-5-6-14)29-21(28)12-2-9-16-17(10-12)20(27)24(19(16)26)15-7-3-13(22)4-8-15/h2-4,7-11,14H,5-6H2,1H3,(H,23,25)/t11-/m0/s1. The molecule has 0 unspecified atom stereocenters. The Morgan fingerprint density at radius 3 is 2.38 bits per heavy atom. The quantitative estimate of drug-likeness (QED) is 0.619. The molecule has 1 fully saturated rings. The molecule has 0 radical (unpaired) electrons. The molecule has 0 spiro atoms. The monoisotopic (exact) mass is 396 g/mol. The Hall–Kier alpha value is -3.55. The Kier molecular flexibility index (Phi) is 4.62. The van der Waals surface area contributed by atoms with Crippen molar-refractivity contribution in [2.75, 3.05) is 4.90 Å². The molecule has 1 aliphatic carbocycles. The van der Waals surface area contributed by atoms with Gasteiger partial charge >= 0.3 is 5.97 Å². The lowest BCUT2D eigenvalue weighted by atomic mass is 10.1. The minimum atomic E-state index is -0.982. The summed E-state index contributed by atoms with van der Waals surface area (Å²) in [7, 11) is 0. The normalized spacial score (nSPS) is 16.4. The molecule has 2 aliphatic rings. The van der Waals surface area contributed by atoms with E-state index in [2.05, 4.69) is 5.32 Å². The summed E-state index contributed by atoms with van der Waals surface area (Å²) in [5.41, 5.74) is 0.461. The van der Waals surface area contributed by atoms with E-state index in [0.29, 0.717) is 0 Å². The molecule has 1 N–H and O–H groups in total. The molecule has 2 aromatic carbocycles. The summed E-state index contributed by atoms with van der Waals surface area (Å²) in [6, 6.07) is 9.10. The lowest BCUT2D eigenvalue weighted by molar-refractivity contribution is -0.129. The van der Waals surface area contributed by atoms with Crippen LogP contribution in [0.1, 0.15) is 50.8 Å². The number of carbonyl (C=O) groups excluding carboxylic acids is 4. The van der Waals surface area contributed by atoms with Crippen molar-refractivity contribution >= 4 is 29.4 Å². The van der Waals surface area contributed by atoms with E-state index in [-0.39, 0.29) is 34.3 Å². The zero-order valence-corrected chi connectivity index (χ0v) is 15.5. The molecule has 1 heterocycles. The number of rotatable bonds is 5. The third-order valence-electron chi connectivity index (χ3n) is 4.78. The van der Waals surface area contributed by atoms with Gasteiger partial charge in [0.15, 0.2) is 6.10 Å². The van der Waals surface area contributed by atoms with Crippen molar-refractivity contribution in [3.63, 3.8) is 0 Å². The van der Waals surface area contributed by atoms with E-state index in [1.165, 1.54) is 37.3 Å². The number of carbonyl (C=O) groups is 4. The number of halogens is 1. The Labute approximate surface area is 165 Å². The fourth-order valence-corrected chi connectivity index (χ4v) is 3.02. The number of benzene rings is 2. The molecule has 3 amide bonds. The summed E-state index contributed by atoms with van der Waals surface area (Å²) in [5.74, 6) is -2.82. The van der Waals surface area contributed by atoms with Crippen molar-refractivity contribution in [3.8, 4) is 0 Å². The molecule has 1 saturated carbocycles. The first-order valence-corrected chi connectivity index (χ1v) is 9.15. The molecule has 1 atom stereocenters. The lowest BCUT2D eigenvalue weighted by Crippen LogP contribution is -2.37. The number of amides is 3. The van der Waals surface area contributed by atoms with Gasteiger partial charge in [-0.05, 0) is 62.2 Å². The van der Waals surface area contributed by atoms with Crippen LogP contribution in [0.25, 0.3) is 0 Å². The van der Waals surface area contributed by atoms with Gasteiger partial charge in [0.25, 0.3) is 17.7 Å². The summed E-state index contributed by atoms with van der Waals surface area (Å²) < 4.78 is 18.3. The van der Waals surface area contributed by atoms with Gasteiger partial charge in [-0.2, -0.15) is 0 Å². The minimum absolute atomic E-state index is 0.0452. The Balaban J connectivity index is 1.53. The van der Waals surface area contributed by atoms with Gasteiger partial charge in [0.2, 0.25) is 0 Å². The summed E-state index contributed by atoms with van der Waals surface area (Å²) in [4.78, 5) is 50.6. The number of nitrogens with zero attached hydrogens (tertiary/aromatic N) is 1. The second-order valence-electron chi connectivity index (χ2n) is 7.01. The van der Waals surface area contributed by atoms with Gasteiger partial charge in [-0.1, -0.05) is 0 Å². The maximum absolute atomic E-state index is 13.1. The third kappa shape index (κ3) is 3.61. The summed E-state index contributed by atoms with van der Waals surface area (Å²) in [5, 5.41) is 2.74. The van der Waals surface area contributed by atoms with Crippen LogP contribution in [-0.4, -0.2) is 35.8 Å². The van der Waals surface area contributed by atoms with E-state index in [9.17, 15) is 23.6 Å². The van der Waals surface area contributed by atoms with Crippen LogP contribution in [0.4, 0.5) is 10.1 Å². The molecular formula is C21H17FN2O5. The molecular weight excluding hydrogens is 379 g/mol. The van der Waals surface area contributed by atoms with Crippen molar-refractivity contribution in [2.45, 2.75) is 31.9 Å². The maximum Gasteiger partial charge on any atom is 0.338 e. The van der Waals surface area contributed by atoms with Crippen LogP contribution < -0.4 is 10.2 Å². The van der Waals surface area contributed by atoms with Gasteiger partial charge in [-0.15, -0.1) is 0 Å². The third-order valence-corrected chi connectivity index (χ3v) is 4.78. The molecule has 4 rings (SSSR count). The van der Waals surface area contributed by atoms with E-state index in [0.717, 1.165) is 29.9 Å². The molecule has 0 bridgehead atoms. The van der Waals surface area contributed by atoms with Crippen LogP contribution in [0.3, 0.4) is 0 Å². The predicted octanol–water partition coefficient (Wildman–Crippen LogP) is 2.45. The largest absolute Gasteiger partial charge is 0.449 e. The first-order valence-electron chi connectivity index (χ1n) is 9.15. The van der Waals surface area contributed by atoms with Gasteiger partial charge in [-0.3, -0.25) is 14.4 Å². The average molecular weight is 396 g/mol. The molecule has 148 valence electrons. The average Bonchev–Trinajstić information content (AvgIpc) is 3.48. The number of ether oxygens (including phenoxy) is 1. The topological polar surface area (TPSA) is 92.8 Å². The van der Waals surface area contributed by atoms with Crippen LogP contribution in [0, 0.1) is 5.82 Å².